The first kappa shape index (κ1) is 14.8. The molecule has 0 radical (unpaired) electrons. The lowest BCUT2D eigenvalue weighted by Crippen LogP contribution is -2.20. The highest BCUT2D eigenvalue weighted by Crippen LogP contribution is 2.20. The lowest BCUT2D eigenvalue weighted by Gasteiger charge is -2.12. The highest BCUT2D eigenvalue weighted by atomic mass is 19.3. The molecule has 1 unspecified atom stereocenters. The summed E-state index contributed by atoms with van der Waals surface area (Å²) in [5, 5.41) is 15.7. The summed E-state index contributed by atoms with van der Waals surface area (Å²) >= 11 is 0. The van der Waals surface area contributed by atoms with Crippen molar-refractivity contribution >= 4 is 5.97 Å². The van der Waals surface area contributed by atoms with Crippen LogP contribution in [0.2, 0.25) is 0 Å². The molecule has 0 aliphatic heterocycles. The van der Waals surface area contributed by atoms with Gasteiger partial charge in [-0.1, -0.05) is 5.21 Å². The molecule has 0 bridgehead atoms. The molecule has 0 saturated heterocycles. The van der Waals surface area contributed by atoms with Crippen molar-refractivity contribution in [3.8, 4) is 11.6 Å². The quantitative estimate of drug-likeness (QED) is 0.902. The molecule has 0 aliphatic rings. The van der Waals surface area contributed by atoms with E-state index in [1.165, 1.54) is 19.2 Å². The van der Waals surface area contributed by atoms with Gasteiger partial charge in [-0.05, 0) is 13.0 Å². The zero-order chi connectivity index (χ0) is 15.6. The molecule has 2 aromatic heterocycles. The van der Waals surface area contributed by atoms with E-state index in [1.54, 1.807) is 0 Å². The average molecular weight is 302 g/mol. The third kappa shape index (κ3) is 3.27. The molecule has 112 valence electrons. The van der Waals surface area contributed by atoms with Crippen molar-refractivity contribution in [2.45, 2.75) is 19.7 Å². The number of hydrogen-bond acceptors (Lipinski definition) is 5. The largest absolute Gasteiger partial charge is 0.476 e. The number of pyridine rings is 1. The topological polar surface area (TPSA) is 90.1 Å². The number of aromatic nitrogens is 4. The zero-order valence-electron chi connectivity index (χ0n) is 10.6. The van der Waals surface area contributed by atoms with E-state index in [4.69, 9.17) is 5.11 Å². The van der Waals surface area contributed by atoms with Gasteiger partial charge in [0.15, 0.2) is 5.69 Å². The van der Waals surface area contributed by atoms with Crippen molar-refractivity contribution < 1.29 is 27.8 Å². The van der Waals surface area contributed by atoms with Gasteiger partial charge in [-0.25, -0.2) is 23.2 Å². The van der Waals surface area contributed by atoms with E-state index in [9.17, 15) is 18.0 Å². The molecule has 2 aromatic rings. The summed E-state index contributed by atoms with van der Waals surface area (Å²) in [6.45, 7) is 1.47. The van der Waals surface area contributed by atoms with Gasteiger partial charge in [0.1, 0.15) is 0 Å². The zero-order valence-corrected chi connectivity index (χ0v) is 10.6. The number of aromatic carboxylic acids is 1. The van der Waals surface area contributed by atoms with Crippen LogP contribution in [0.25, 0.3) is 5.69 Å². The molecule has 10 heteroatoms. The molecule has 0 spiro atoms. The van der Waals surface area contributed by atoms with Crippen LogP contribution in [0.4, 0.5) is 13.2 Å². The van der Waals surface area contributed by atoms with E-state index in [-0.39, 0.29) is 17.1 Å². The second-order valence-corrected chi connectivity index (χ2v) is 3.97. The number of alkyl halides is 3. The summed E-state index contributed by atoms with van der Waals surface area (Å²) in [6, 6.07) is 1.42. The fourth-order valence-electron chi connectivity index (χ4n) is 1.44. The lowest BCUT2D eigenvalue weighted by atomic mass is 10.3. The molecule has 1 N–H and O–H groups in total. The van der Waals surface area contributed by atoms with E-state index in [2.05, 4.69) is 20.0 Å². The van der Waals surface area contributed by atoms with Gasteiger partial charge in [0, 0.05) is 5.56 Å². The minimum atomic E-state index is -3.28. The van der Waals surface area contributed by atoms with E-state index in [1.807, 2.05) is 0 Å². The Labute approximate surface area is 116 Å². The molecule has 0 fully saturated rings. The molecule has 21 heavy (non-hydrogen) atoms. The third-order valence-electron chi connectivity index (χ3n) is 2.42. The minimum Gasteiger partial charge on any atom is -0.476 e. The molecule has 0 amide bonds. The Morgan fingerprint density at radius 1 is 1.43 bits per heavy atom. The number of nitrogens with zero attached hydrogens (tertiary/aromatic N) is 4. The van der Waals surface area contributed by atoms with Crippen LogP contribution in [0.3, 0.4) is 0 Å². The molecule has 1 atom stereocenters. The number of carboxylic acid groups (broad SMARTS) is 1. The van der Waals surface area contributed by atoms with Gasteiger partial charge in [0.2, 0.25) is 5.88 Å². The van der Waals surface area contributed by atoms with Gasteiger partial charge in [-0.15, -0.1) is 5.10 Å². The van der Waals surface area contributed by atoms with Crippen molar-refractivity contribution in [3.63, 3.8) is 0 Å². The average Bonchev–Trinajstić information content (AvgIpc) is 2.90. The highest BCUT2D eigenvalue weighted by Gasteiger charge is 2.22. The SMILES string of the molecule is Cc1cc(-n2cc(C(=O)O)nn2)cnc1OC(F)C(F)F. The van der Waals surface area contributed by atoms with E-state index < -0.39 is 18.8 Å². The number of rotatable bonds is 5. The number of aryl methyl sites for hydroxylation is 1. The Balaban J connectivity index is 2.23. The van der Waals surface area contributed by atoms with E-state index in [0.29, 0.717) is 5.69 Å². The second-order valence-electron chi connectivity index (χ2n) is 3.97. The lowest BCUT2D eigenvalue weighted by molar-refractivity contribution is -0.0693. The van der Waals surface area contributed by atoms with E-state index in [0.717, 1.165) is 10.9 Å². The van der Waals surface area contributed by atoms with E-state index >= 15 is 0 Å². The summed E-state index contributed by atoms with van der Waals surface area (Å²) in [5.74, 6) is -1.53. The Bertz CT molecular complexity index is 662. The van der Waals surface area contributed by atoms with Gasteiger partial charge in [-0.2, -0.15) is 4.39 Å². The number of halogens is 3. The Morgan fingerprint density at radius 3 is 2.67 bits per heavy atom. The van der Waals surface area contributed by atoms with Crippen LogP contribution in [0.1, 0.15) is 16.1 Å². The smallest absolute Gasteiger partial charge is 0.358 e. The molecular weight excluding hydrogens is 293 g/mol. The van der Waals surface area contributed by atoms with Crippen LogP contribution in [-0.4, -0.2) is 43.8 Å². The van der Waals surface area contributed by atoms with Crippen molar-refractivity contribution in [3.05, 3.63) is 29.7 Å². The second kappa shape index (κ2) is 5.77. The van der Waals surface area contributed by atoms with Crippen LogP contribution < -0.4 is 4.74 Å². The third-order valence-corrected chi connectivity index (χ3v) is 2.42. The van der Waals surface area contributed by atoms with Crippen LogP contribution in [-0.2, 0) is 0 Å². The summed E-state index contributed by atoms with van der Waals surface area (Å²) < 4.78 is 42.4. The maximum absolute atomic E-state index is 12.8. The normalized spacial score (nSPS) is 12.4. The van der Waals surface area contributed by atoms with Crippen LogP contribution in [0, 0.1) is 6.92 Å². The summed E-state index contributed by atoms with van der Waals surface area (Å²) in [4.78, 5) is 14.4. The monoisotopic (exact) mass is 302 g/mol. The number of carbonyl (C=O) groups is 1. The fourth-order valence-corrected chi connectivity index (χ4v) is 1.44. The molecule has 0 aromatic carbocycles. The molecule has 0 saturated carbocycles. The van der Waals surface area contributed by atoms with Crippen molar-refractivity contribution in [1.29, 1.82) is 0 Å². The van der Waals surface area contributed by atoms with Gasteiger partial charge in [0.25, 0.3) is 6.36 Å². The maximum Gasteiger partial charge on any atom is 0.358 e. The summed E-state index contributed by atoms with van der Waals surface area (Å²) in [6.07, 6.45) is -3.73. The van der Waals surface area contributed by atoms with Crippen molar-refractivity contribution in [2.75, 3.05) is 0 Å². The van der Waals surface area contributed by atoms with Gasteiger partial charge in [0.05, 0.1) is 18.1 Å². The molecular formula is C11H9F3N4O3. The predicted molar refractivity (Wildman–Crippen MR) is 62.4 cm³/mol. The summed E-state index contributed by atoms with van der Waals surface area (Å²) in [7, 11) is 0. The molecule has 7 nitrogen and oxygen atoms in total. The first-order chi connectivity index (χ1) is 9.88. The highest BCUT2D eigenvalue weighted by molar-refractivity contribution is 5.84. The first-order valence-corrected chi connectivity index (χ1v) is 5.60. The predicted octanol–water partition coefficient (Wildman–Crippen LogP) is 1.61. The van der Waals surface area contributed by atoms with Crippen LogP contribution in [0.15, 0.2) is 18.5 Å². The van der Waals surface area contributed by atoms with Gasteiger partial charge in [-0.3, -0.25) is 0 Å². The summed E-state index contributed by atoms with van der Waals surface area (Å²) in [5.41, 5.74) is 0.338. The standard InChI is InChI=1S/C11H9F3N4O3/c1-5-2-6(18-4-7(11(19)20)16-17-18)3-15-10(5)21-9(14)8(12)13/h2-4,8-9H,1H3,(H,19,20). The molecule has 2 rings (SSSR count). The van der Waals surface area contributed by atoms with Crippen molar-refractivity contribution in [1.82, 2.24) is 20.0 Å². The van der Waals surface area contributed by atoms with Gasteiger partial charge < -0.3 is 9.84 Å². The van der Waals surface area contributed by atoms with Crippen LogP contribution >= 0.6 is 0 Å². The number of ether oxygens (including phenoxy) is 1. The Hall–Kier alpha value is -2.65. The number of carboxylic acids is 1. The fraction of sp³-hybridized carbons (Fsp3) is 0.273. The van der Waals surface area contributed by atoms with Crippen molar-refractivity contribution in [2.24, 2.45) is 0 Å². The van der Waals surface area contributed by atoms with Crippen LogP contribution in [0.5, 0.6) is 5.88 Å². The molecule has 2 heterocycles. The Morgan fingerprint density at radius 2 is 2.14 bits per heavy atom. The van der Waals surface area contributed by atoms with Gasteiger partial charge >= 0.3 is 12.4 Å². The minimum absolute atomic E-state index is 0.269. The maximum atomic E-state index is 12.8. The Kier molecular flexibility index (Phi) is 4.05. The first-order valence-electron chi connectivity index (χ1n) is 5.60. The number of hydrogen-bond donors (Lipinski definition) is 1. The molecule has 0 aliphatic carbocycles.